The molecular weight excluding hydrogens is 312 g/mol. The van der Waals surface area contributed by atoms with Crippen LogP contribution in [-0.2, 0) is 14.3 Å². The van der Waals surface area contributed by atoms with Gasteiger partial charge in [0.2, 0.25) is 0 Å². The summed E-state index contributed by atoms with van der Waals surface area (Å²) in [5.41, 5.74) is -0.0710. The Bertz CT molecular complexity index is 593. The maximum absolute atomic E-state index is 12.1. The van der Waals surface area contributed by atoms with Gasteiger partial charge in [0.1, 0.15) is 12.3 Å². The Labute approximate surface area is 141 Å². The SMILES string of the molecule is CCOc1ccccc1C(=O)NCC(=O)OCC(=O)NC(C)(C)C. The van der Waals surface area contributed by atoms with E-state index in [1.807, 2.05) is 27.7 Å². The van der Waals surface area contributed by atoms with Gasteiger partial charge in [-0.2, -0.15) is 0 Å². The number of amides is 2. The molecule has 0 heterocycles. The average molecular weight is 336 g/mol. The normalized spacial score (nSPS) is 10.7. The number of carbonyl (C=O) groups is 3. The molecule has 132 valence electrons. The number of carbonyl (C=O) groups excluding carboxylic acids is 3. The Balaban J connectivity index is 2.44. The number of para-hydroxylation sites is 1. The summed E-state index contributed by atoms with van der Waals surface area (Å²) in [5.74, 6) is -1.10. The van der Waals surface area contributed by atoms with Crippen molar-refractivity contribution in [3.8, 4) is 5.75 Å². The average Bonchev–Trinajstić information content (AvgIpc) is 2.50. The van der Waals surface area contributed by atoms with Crippen LogP contribution < -0.4 is 15.4 Å². The van der Waals surface area contributed by atoms with Crippen molar-refractivity contribution in [1.82, 2.24) is 10.6 Å². The molecule has 1 rings (SSSR count). The molecule has 24 heavy (non-hydrogen) atoms. The van der Waals surface area contributed by atoms with Gasteiger partial charge in [-0.15, -0.1) is 0 Å². The Morgan fingerprint density at radius 3 is 2.42 bits per heavy atom. The van der Waals surface area contributed by atoms with Gasteiger partial charge < -0.3 is 20.1 Å². The molecule has 2 N–H and O–H groups in total. The lowest BCUT2D eigenvalue weighted by atomic mass is 10.1. The Kier molecular flexibility index (Phi) is 7.23. The smallest absolute Gasteiger partial charge is 0.325 e. The third-order valence-corrected chi connectivity index (χ3v) is 2.70. The van der Waals surface area contributed by atoms with Crippen LogP contribution in [0.25, 0.3) is 0 Å². The van der Waals surface area contributed by atoms with Crippen LogP contribution in [0.4, 0.5) is 0 Å². The van der Waals surface area contributed by atoms with Crippen LogP contribution >= 0.6 is 0 Å². The quantitative estimate of drug-likeness (QED) is 0.732. The van der Waals surface area contributed by atoms with Gasteiger partial charge in [-0.3, -0.25) is 14.4 Å². The van der Waals surface area contributed by atoms with Crippen LogP contribution in [0, 0.1) is 0 Å². The van der Waals surface area contributed by atoms with Crippen molar-refractivity contribution >= 4 is 17.8 Å². The Morgan fingerprint density at radius 1 is 1.12 bits per heavy atom. The zero-order valence-corrected chi connectivity index (χ0v) is 14.5. The van der Waals surface area contributed by atoms with Crippen molar-refractivity contribution in [2.75, 3.05) is 19.8 Å². The molecule has 2 amide bonds. The van der Waals surface area contributed by atoms with E-state index in [0.29, 0.717) is 17.9 Å². The fraction of sp³-hybridized carbons (Fsp3) is 0.471. The molecule has 0 saturated carbocycles. The third kappa shape index (κ3) is 7.13. The zero-order valence-electron chi connectivity index (χ0n) is 14.5. The summed E-state index contributed by atoms with van der Waals surface area (Å²) >= 11 is 0. The third-order valence-electron chi connectivity index (χ3n) is 2.70. The first kappa shape index (κ1) is 19.5. The lowest BCUT2D eigenvalue weighted by molar-refractivity contribution is -0.147. The number of hydrogen-bond acceptors (Lipinski definition) is 5. The number of ether oxygens (including phenoxy) is 2. The van der Waals surface area contributed by atoms with Crippen LogP contribution in [0.1, 0.15) is 38.1 Å². The fourth-order valence-electron chi connectivity index (χ4n) is 1.83. The molecule has 0 saturated heterocycles. The summed E-state index contributed by atoms with van der Waals surface area (Å²) in [4.78, 5) is 35.3. The van der Waals surface area contributed by atoms with Crippen molar-refractivity contribution in [3.63, 3.8) is 0 Å². The van der Waals surface area contributed by atoms with E-state index in [0.717, 1.165) is 0 Å². The highest BCUT2D eigenvalue weighted by Gasteiger charge is 2.16. The van der Waals surface area contributed by atoms with Crippen molar-refractivity contribution in [2.45, 2.75) is 33.2 Å². The predicted octanol–water partition coefficient (Wildman–Crippen LogP) is 1.27. The van der Waals surface area contributed by atoms with Gasteiger partial charge >= 0.3 is 5.97 Å². The fourth-order valence-corrected chi connectivity index (χ4v) is 1.83. The topological polar surface area (TPSA) is 93.7 Å². The van der Waals surface area contributed by atoms with Crippen LogP contribution in [0.5, 0.6) is 5.75 Å². The molecule has 0 radical (unpaired) electrons. The van der Waals surface area contributed by atoms with Gasteiger partial charge in [0.25, 0.3) is 11.8 Å². The summed E-state index contributed by atoms with van der Waals surface area (Å²) in [6.07, 6.45) is 0. The van der Waals surface area contributed by atoms with Gasteiger partial charge in [0.15, 0.2) is 6.61 Å². The van der Waals surface area contributed by atoms with E-state index in [1.54, 1.807) is 24.3 Å². The Hall–Kier alpha value is -2.57. The van der Waals surface area contributed by atoms with E-state index in [9.17, 15) is 14.4 Å². The first-order chi connectivity index (χ1) is 11.2. The van der Waals surface area contributed by atoms with Crippen molar-refractivity contribution in [2.24, 2.45) is 0 Å². The molecule has 0 spiro atoms. The van der Waals surface area contributed by atoms with Gasteiger partial charge in [0, 0.05) is 5.54 Å². The summed E-state index contributed by atoms with van der Waals surface area (Å²) in [6, 6.07) is 6.73. The summed E-state index contributed by atoms with van der Waals surface area (Å²) in [6.45, 7) is 6.99. The molecule has 0 aliphatic heterocycles. The molecule has 7 nitrogen and oxygen atoms in total. The van der Waals surface area contributed by atoms with Gasteiger partial charge in [-0.1, -0.05) is 12.1 Å². The number of benzene rings is 1. The van der Waals surface area contributed by atoms with E-state index in [2.05, 4.69) is 10.6 Å². The first-order valence-electron chi connectivity index (χ1n) is 7.69. The molecule has 0 atom stereocenters. The highest BCUT2D eigenvalue weighted by molar-refractivity contribution is 5.98. The summed E-state index contributed by atoms with van der Waals surface area (Å²) in [7, 11) is 0. The molecule has 0 unspecified atom stereocenters. The maximum atomic E-state index is 12.1. The number of nitrogens with one attached hydrogen (secondary N) is 2. The standard InChI is InChI=1S/C17H24N2O5/c1-5-23-13-9-7-6-8-12(13)16(22)18-10-15(21)24-11-14(20)19-17(2,3)4/h6-9H,5,10-11H2,1-4H3,(H,18,22)(H,19,20). The van der Waals surface area contributed by atoms with Crippen molar-refractivity contribution < 1.29 is 23.9 Å². The molecule has 0 aliphatic rings. The predicted molar refractivity (Wildman–Crippen MR) is 88.8 cm³/mol. The van der Waals surface area contributed by atoms with Gasteiger partial charge in [-0.25, -0.2) is 0 Å². The molecule has 0 aliphatic carbocycles. The lowest BCUT2D eigenvalue weighted by Gasteiger charge is -2.20. The monoisotopic (exact) mass is 336 g/mol. The Morgan fingerprint density at radius 2 is 1.79 bits per heavy atom. The van der Waals surface area contributed by atoms with Gasteiger partial charge in [0.05, 0.1) is 12.2 Å². The van der Waals surface area contributed by atoms with Crippen molar-refractivity contribution in [3.05, 3.63) is 29.8 Å². The number of hydrogen-bond donors (Lipinski definition) is 2. The molecule has 0 bridgehead atoms. The second-order valence-corrected chi connectivity index (χ2v) is 6.07. The van der Waals surface area contributed by atoms with E-state index in [1.165, 1.54) is 0 Å². The zero-order chi connectivity index (χ0) is 18.2. The molecule has 0 fully saturated rings. The van der Waals surface area contributed by atoms with Crippen molar-refractivity contribution in [1.29, 1.82) is 0 Å². The first-order valence-corrected chi connectivity index (χ1v) is 7.69. The second-order valence-electron chi connectivity index (χ2n) is 6.07. The molecule has 7 heteroatoms. The maximum Gasteiger partial charge on any atom is 0.325 e. The lowest BCUT2D eigenvalue weighted by Crippen LogP contribution is -2.43. The second kappa shape index (κ2) is 8.90. The van der Waals surface area contributed by atoms with E-state index >= 15 is 0 Å². The van der Waals surface area contributed by atoms with Crippen LogP contribution in [0.3, 0.4) is 0 Å². The largest absolute Gasteiger partial charge is 0.493 e. The van der Waals surface area contributed by atoms with E-state index < -0.39 is 23.3 Å². The molecule has 0 aromatic heterocycles. The van der Waals surface area contributed by atoms with Crippen LogP contribution in [-0.4, -0.2) is 43.1 Å². The van der Waals surface area contributed by atoms with E-state index in [4.69, 9.17) is 9.47 Å². The molecule has 1 aromatic carbocycles. The number of esters is 1. The van der Waals surface area contributed by atoms with Crippen LogP contribution in [0.15, 0.2) is 24.3 Å². The highest BCUT2D eigenvalue weighted by atomic mass is 16.5. The highest BCUT2D eigenvalue weighted by Crippen LogP contribution is 2.17. The van der Waals surface area contributed by atoms with Crippen LogP contribution in [0.2, 0.25) is 0 Å². The molecular formula is C17H24N2O5. The minimum atomic E-state index is -0.693. The minimum Gasteiger partial charge on any atom is -0.493 e. The summed E-state index contributed by atoms with van der Waals surface area (Å²) < 4.78 is 10.2. The van der Waals surface area contributed by atoms with Gasteiger partial charge in [-0.05, 0) is 39.8 Å². The minimum absolute atomic E-state index is 0.331. The van der Waals surface area contributed by atoms with E-state index in [-0.39, 0.29) is 13.2 Å². The number of rotatable bonds is 7. The summed E-state index contributed by atoms with van der Waals surface area (Å²) in [5, 5.41) is 5.11. The molecule has 1 aromatic rings.